The summed E-state index contributed by atoms with van der Waals surface area (Å²) in [7, 11) is 0. The summed E-state index contributed by atoms with van der Waals surface area (Å²) in [6.07, 6.45) is -2.92. The maximum atomic E-state index is 12.5. The van der Waals surface area contributed by atoms with Crippen LogP contribution in [0.2, 0.25) is 5.02 Å². The number of ether oxygens (including phenoxy) is 2. The number of alkyl halides is 3. The molecule has 1 aromatic heterocycles. The SMILES string of the molecule is CCCOc1ccc(Oc2ncc(C(F)(F)F)cc2Cl)cc1. The molecule has 0 radical (unpaired) electrons. The second kappa shape index (κ2) is 6.87. The Balaban J connectivity index is 2.10. The van der Waals surface area contributed by atoms with E-state index in [0.717, 1.165) is 12.5 Å². The molecule has 0 aliphatic heterocycles. The molecule has 7 heteroatoms. The number of hydrogen-bond acceptors (Lipinski definition) is 3. The van der Waals surface area contributed by atoms with Crippen LogP contribution in [0.4, 0.5) is 13.2 Å². The van der Waals surface area contributed by atoms with Crippen molar-refractivity contribution in [3.05, 3.63) is 47.1 Å². The zero-order valence-corrected chi connectivity index (χ0v) is 12.4. The Bertz CT molecular complexity index is 630. The first-order chi connectivity index (χ1) is 10.4. The van der Waals surface area contributed by atoms with E-state index in [1.165, 1.54) is 0 Å². The van der Waals surface area contributed by atoms with Crippen molar-refractivity contribution >= 4 is 11.6 Å². The molecule has 22 heavy (non-hydrogen) atoms. The quantitative estimate of drug-likeness (QED) is 0.741. The molecule has 3 nitrogen and oxygen atoms in total. The molecule has 0 unspecified atom stereocenters. The Morgan fingerprint density at radius 2 is 1.77 bits per heavy atom. The Morgan fingerprint density at radius 1 is 1.14 bits per heavy atom. The Morgan fingerprint density at radius 3 is 2.32 bits per heavy atom. The predicted molar refractivity (Wildman–Crippen MR) is 76.6 cm³/mol. The zero-order chi connectivity index (χ0) is 16.2. The summed E-state index contributed by atoms with van der Waals surface area (Å²) in [4.78, 5) is 3.61. The van der Waals surface area contributed by atoms with Gasteiger partial charge in [0, 0.05) is 6.20 Å². The summed E-state index contributed by atoms with van der Waals surface area (Å²) >= 11 is 5.77. The van der Waals surface area contributed by atoms with Gasteiger partial charge < -0.3 is 9.47 Å². The summed E-state index contributed by atoms with van der Waals surface area (Å²) < 4.78 is 48.3. The van der Waals surface area contributed by atoms with Gasteiger partial charge in [-0.2, -0.15) is 13.2 Å². The molecule has 118 valence electrons. The van der Waals surface area contributed by atoms with Gasteiger partial charge in [-0.05, 0) is 36.8 Å². The minimum Gasteiger partial charge on any atom is -0.494 e. The molecular weight excluding hydrogens is 319 g/mol. The van der Waals surface area contributed by atoms with Crippen LogP contribution >= 0.6 is 11.6 Å². The molecule has 0 bridgehead atoms. The second-order valence-corrected chi connectivity index (χ2v) is 4.84. The highest BCUT2D eigenvalue weighted by atomic mass is 35.5. The van der Waals surface area contributed by atoms with Crippen LogP contribution in [0.1, 0.15) is 18.9 Å². The average molecular weight is 332 g/mol. The lowest BCUT2D eigenvalue weighted by Gasteiger charge is -2.10. The van der Waals surface area contributed by atoms with Gasteiger partial charge >= 0.3 is 6.18 Å². The predicted octanol–water partition coefficient (Wildman–Crippen LogP) is 5.33. The number of benzene rings is 1. The van der Waals surface area contributed by atoms with Crippen molar-refractivity contribution in [2.45, 2.75) is 19.5 Å². The molecule has 2 aromatic rings. The van der Waals surface area contributed by atoms with Gasteiger partial charge in [-0.1, -0.05) is 18.5 Å². The zero-order valence-electron chi connectivity index (χ0n) is 11.7. The largest absolute Gasteiger partial charge is 0.494 e. The highest BCUT2D eigenvalue weighted by molar-refractivity contribution is 6.31. The Labute approximate surface area is 130 Å². The number of pyridine rings is 1. The molecule has 0 saturated heterocycles. The Kier molecular flexibility index (Phi) is 5.13. The van der Waals surface area contributed by atoms with Crippen molar-refractivity contribution in [3.63, 3.8) is 0 Å². The van der Waals surface area contributed by atoms with E-state index in [9.17, 15) is 13.2 Å². The van der Waals surface area contributed by atoms with E-state index in [-0.39, 0.29) is 10.9 Å². The Hall–Kier alpha value is -1.95. The molecule has 0 fully saturated rings. The minimum absolute atomic E-state index is 0.0862. The van der Waals surface area contributed by atoms with E-state index >= 15 is 0 Å². The van der Waals surface area contributed by atoms with Crippen molar-refractivity contribution in [1.29, 1.82) is 0 Å². The molecule has 0 N–H and O–H groups in total. The van der Waals surface area contributed by atoms with Crippen LogP contribution in [0.15, 0.2) is 36.5 Å². The summed E-state index contributed by atoms with van der Waals surface area (Å²) in [6, 6.07) is 7.43. The van der Waals surface area contributed by atoms with Gasteiger partial charge in [0.1, 0.15) is 16.5 Å². The smallest absolute Gasteiger partial charge is 0.417 e. The molecule has 1 aromatic carbocycles. The number of hydrogen-bond donors (Lipinski definition) is 0. The van der Waals surface area contributed by atoms with E-state index in [1.807, 2.05) is 6.92 Å². The second-order valence-electron chi connectivity index (χ2n) is 4.43. The highest BCUT2D eigenvalue weighted by Gasteiger charge is 2.31. The molecular formula is C15H13ClF3NO2. The normalized spacial score (nSPS) is 11.3. The van der Waals surface area contributed by atoms with Crippen LogP contribution in [0.3, 0.4) is 0 Å². The van der Waals surface area contributed by atoms with Gasteiger partial charge in [0.15, 0.2) is 0 Å². The molecule has 1 heterocycles. The number of aromatic nitrogens is 1. The lowest BCUT2D eigenvalue weighted by atomic mass is 10.3. The van der Waals surface area contributed by atoms with E-state index < -0.39 is 11.7 Å². The van der Waals surface area contributed by atoms with Crippen molar-refractivity contribution in [1.82, 2.24) is 4.98 Å². The topological polar surface area (TPSA) is 31.4 Å². The highest BCUT2D eigenvalue weighted by Crippen LogP contribution is 2.34. The molecule has 0 amide bonds. The third-order valence-electron chi connectivity index (χ3n) is 2.65. The van der Waals surface area contributed by atoms with Gasteiger partial charge in [0.25, 0.3) is 0 Å². The van der Waals surface area contributed by atoms with Gasteiger partial charge in [-0.15, -0.1) is 0 Å². The van der Waals surface area contributed by atoms with E-state index in [2.05, 4.69) is 4.98 Å². The van der Waals surface area contributed by atoms with Gasteiger partial charge in [-0.25, -0.2) is 4.98 Å². The van der Waals surface area contributed by atoms with E-state index in [1.54, 1.807) is 24.3 Å². The monoisotopic (exact) mass is 331 g/mol. The van der Waals surface area contributed by atoms with Crippen LogP contribution in [-0.2, 0) is 6.18 Å². The fraction of sp³-hybridized carbons (Fsp3) is 0.267. The van der Waals surface area contributed by atoms with Crippen molar-refractivity contribution in [3.8, 4) is 17.4 Å². The molecule has 0 atom stereocenters. The first kappa shape index (κ1) is 16.4. The number of nitrogens with zero attached hydrogens (tertiary/aromatic N) is 1. The average Bonchev–Trinajstić information content (AvgIpc) is 2.47. The van der Waals surface area contributed by atoms with Crippen LogP contribution < -0.4 is 9.47 Å². The molecule has 0 aliphatic carbocycles. The van der Waals surface area contributed by atoms with Gasteiger partial charge in [0.05, 0.1) is 12.2 Å². The fourth-order valence-corrected chi connectivity index (χ4v) is 1.80. The maximum absolute atomic E-state index is 12.5. The van der Waals surface area contributed by atoms with Crippen LogP contribution in [0, 0.1) is 0 Å². The number of halogens is 4. The first-order valence-corrected chi connectivity index (χ1v) is 6.91. The van der Waals surface area contributed by atoms with Crippen molar-refractivity contribution in [2.24, 2.45) is 0 Å². The molecule has 2 rings (SSSR count). The standard InChI is InChI=1S/C15H13ClF3NO2/c1-2-7-21-11-3-5-12(6-4-11)22-14-13(16)8-10(9-20-14)15(17,18)19/h3-6,8-9H,2,7H2,1H3. The van der Waals surface area contributed by atoms with Crippen LogP contribution in [-0.4, -0.2) is 11.6 Å². The lowest BCUT2D eigenvalue weighted by molar-refractivity contribution is -0.137. The first-order valence-electron chi connectivity index (χ1n) is 6.53. The van der Waals surface area contributed by atoms with Crippen molar-refractivity contribution < 1.29 is 22.6 Å². The van der Waals surface area contributed by atoms with Gasteiger partial charge in [0.2, 0.25) is 5.88 Å². The van der Waals surface area contributed by atoms with Crippen molar-refractivity contribution in [2.75, 3.05) is 6.61 Å². The third-order valence-corrected chi connectivity index (χ3v) is 2.92. The van der Waals surface area contributed by atoms with Crippen LogP contribution in [0.25, 0.3) is 0 Å². The molecule has 0 saturated carbocycles. The summed E-state index contributed by atoms with van der Waals surface area (Å²) in [6.45, 7) is 2.60. The lowest BCUT2D eigenvalue weighted by Crippen LogP contribution is -2.05. The van der Waals surface area contributed by atoms with E-state index in [4.69, 9.17) is 21.1 Å². The minimum atomic E-state index is -4.49. The number of rotatable bonds is 5. The maximum Gasteiger partial charge on any atom is 0.417 e. The fourth-order valence-electron chi connectivity index (χ4n) is 1.59. The van der Waals surface area contributed by atoms with Crippen LogP contribution in [0.5, 0.6) is 17.4 Å². The molecule has 0 aliphatic rings. The summed E-state index contributed by atoms with van der Waals surface area (Å²) in [5.74, 6) is 0.996. The van der Waals surface area contributed by atoms with Gasteiger partial charge in [-0.3, -0.25) is 0 Å². The summed E-state index contributed by atoms with van der Waals surface area (Å²) in [5.41, 5.74) is -0.923. The molecule has 0 spiro atoms. The summed E-state index contributed by atoms with van der Waals surface area (Å²) in [5, 5.41) is -0.207. The third kappa shape index (κ3) is 4.27. The van der Waals surface area contributed by atoms with E-state index in [0.29, 0.717) is 24.3 Å².